The second-order valence-corrected chi connectivity index (χ2v) is 5.22. The van der Waals surface area contributed by atoms with Crippen molar-refractivity contribution in [3.8, 4) is 0 Å². The molecule has 3 rings (SSSR count). The molecule has 1 atom stereocenters. The van der Waals surface area contributed by atoms with Crippen LogP contribution in [0.25, 0.3) is 0 Å². The first kappa shape index (κ1) is 12.4. The van der Waals surface area contributed by atoms with E-state index in [1.165, 1.54) is 30.5 Å². The Morgan fingerprint density at radius 2 is 2.11 bits per heavy atom. The first-order valence-electron chi connectivity index (χ1n) is 7.06. The van der Waals surface area contributed by atoms with E-state index in [-0.39, 0.29) is 0 Å². The van der Waals surface area contributed by atoms with Gasteiger partial charge in [-0.3, -0.25) is 0 Å². The average Bonchev–Trinajstić information content (AvgIpc) is 2.88. The summed E-state index contributed by atoms with van der Waals surface area (Å²) in [5.41, 5.74) is 2.49. The number of benzene rings is 1. The highest BCUT2D eigenvalue weighted by Crippen LogP contribution is 2.13. The van der Waals surface area contributed by atoms with Gasteiger partial charge in [0, 0.05) is 12.5 Å². The molecule has 1 unspecified atom stereocenters. The molecule has 0 saturated carbocycles. The van der Waals surface area contributed by atoms with Crippen molar-refractivity contribution in [1.82, 2.24) is 20.3 Å². The maximum atomic E-state index is 4.22. The molecule has 1 aliphatic rings. The van der Waals surface area contributed by atoms with Crippen LogP contribution in [0, 0.1) is 0 Å². The zero-order valence-corrected chi connectivity index (χ0v) is 11.1. The Hall–Kier alpha value is -1.68. The van der Waals surface area contributed by atoms with E-state index in [1.807, 2.05) is 16.9 Å². The van der Waals surface area contributed by atoms with Gasteiger partial charge in [0.2, 0.25) is 0 Å². The number of nitrogens with zero attached hydrogens (tertiary/aromatic N) is 3. The van der Waals surface area contributed by atoms with Crippen LogP contribution in [-0.4, -0.2) is 27.6 Å². The molecule has 1 saturated heterocycles. The van der Waals surface area contributed by atoms with Crippen LogP contribution in [0.15, 0.2) is 36.5 Å². The van der Waals surface area contributed by atoms with E-state index in [0.717, 1.165) is 19.5 Å². The van der Waals surface area contributed by atoms with E-state index in [9.17, 15) is 0 Å². The Kier molecular flexibility index (Phi) is 3.89. The van der Waals surface area contributed by atoms with E-state index < -0.39 is 0 Å². The van der Waals surface area contributed by atoms with Crippen LogP contribution in [0.3, 0.4) is 0 Å². The molecule has 0 spiro atoms. The third-order valence-electron chi connectivity index (χ3n) is 3.74. The van der Waals surface area contributed by atoms with Crippen LogP contribution in [0.5, 0.6) is 0 Å². The van der Waals surface area contributed by atoms with Gasteiger partial charge < -0.3 is 5.32 Å². The first-order chi connectivity index (χ1) is 9.42. The molecule has 2 heterocycles. The Morgan fingerprint density at radius 3 is 2.89 bits per heavy atom. The number of piperidine rings is 1. The van der Waals surface area contributed by atoms with E-state index in [2.05, 4.69) is 39.9 Å². The fourth-order valence-corrected chi connectivity index (χ4v) is 2.68. The minimum absolute atomic E-state index is 0.585. The molecule has 4 nitrogen and oxygen atoms in total. The predicted molar refractivity (Wildman–Crippen MR) is 74.9 cm³/mol. The highest BCUT2D eigenvalue weighted by Gasteiger charge is 2.15. The van der Waals surface area contributed by atoms with E-state index in [4.69, 9.17) is 0 Å². The van der Waals surface area contributed by atoms with Crippen LogP contribution in [-0.2, 0) is 13.0 Å². The van der Waals surface area contributed by atoms with Gasteiger partial charge in [-0.1, -0.05) is 42.0 Å². The van der Waals surface area contributed by atoms with E-state index >= 15 is 0 Å². The predicted octanol–water partition coefficient (Wildman–Crippen LogP) is 2.01. The van der Waals surface area contributed by atoms with Crippen molar-refractivity contribution in [3.05, 3.63) is 47.8 Å². The number of rotatable bonds is 4. The monoisotopic (exact) mass is 256 g/mol. The van der Waals surface area contributed by atoms with Crippen LogP contribution in [0.4, 0.5) is 0 Å². The number of hydrogen-bond donors (Lipinski definition) is 1. The van der Waals surface area contributed by atoms with E-state index in [1.54, 1.807) is 0 Å². The summed E-state index contributed by atoms with van der Waals surface area (Å²) in [6.07, 6.45) is 6.82. The van der Waals surface area contributed by atoms with Gasteiger partial charge >= 0.3 is 0 Å². The molecule has 100 valence electrons. The molecule has 0 aliphatic carbocycles. The lowest BCUT2D eigenvalue weighted by Gasteiger charge is -2.23. The summed E-state index contributed by atoms with van der Waals surface area (Å²) in [5.74, 6) is 0. The zero-order valence-electron chi connectivity index (χ0n) is 11.1. The second-order valence-electron chi connectivity index (χ2n) is 5.22. The summed E-state index contributed by atoms with van der Waals surface area (Å²) in [6, 6.07) is 11.0. The van der Waals surface area contributed by atoms with Crippen LogP contribution >= 0.6 is 0 Å². The van der Waals surface area contributed by atoms with Gasteiger partial charge in [0.1, 0.15) is 0 Å². The molecule has 0 amide bonds. The van der Waals surface area contributed by atoms with Gasteiger partial charge in [-0.15, -0.1) is 5.10 Å². The zero-order chi connectivity index (χ0) is 12.9. The molecule has 0 radical (unpaired) electrons. The quantitative estimate of drug-likeness (QED) is 0.910. The molecule has 1 N–H and O–H groups in total. The summed E-state index contributed by atoms with van der Waals surface area (Å²) >= 11 is 0. The van der Waals surface area contributed by atoms with Gasteiger partial charge in [-0.2, -0.15) is 0 Å². The summed E-state index contributed by atoms with van der Waals surface area (Å²) in [4.78, 5) is 0. The van der Waals surface area contributed by atoms with Crippen LogP contribution in [0.2, 0.25) is 0 Å². The summed E-state index contributed by atoms with van der Waals surface area (Å²) in [7, 11) is 0. The minimum atomic E-state index is 0.585. The van der Waals surface area contributed by atoms with Gasteiger partial charge in [0.15, 0.2) is 0 Å². The Bertz CT molecular complexity index is 500. The fourth-order valence-electron chi connectivity index (χ4n) is 2.68. The highest BCUT2D eigenvalue weighted by atomic mass is 15.4. The lowest BCUT2D eigenvalue weighted by Crippen LogP contribution is -2.36. The molecule has 4 heteroatoms. The standard InChI is InChI=1S/C15H20N4/c1-2-6-13(7-3-1)12-19-15(11-17-18-19)10-14-8-4-5-9-16-14/h1-3,6-7,11,14,16H,4-5,8-10,12H2. The van der Waals surface area contributed by atoms with Gasteiger partial charge in [-0.05, 0) is 24.9 Å². The van der Waals surface area contributed by atoms with Crippen molar-refractivity contribution in [2.45, 2.75) is 38.3 Å². The van der Waals surface area contributed by atoms with Gasteiger partial charge in [0.05, 0.1) is 18.4 Å². The molecular formula is C15H20N4. The van der Waals surface area contributed by atoms with Crippen molar-refractivity contribution < 1.29 is 0 Å². The summed E-state index contributed by atoms with van der Waals surface area (Å²) in [5, 5.41) is 11.9. The highest BCUT2D eigenvalue weighted by molar-refractivity contribution is 5.15. The maximum Gasteiger partial charge on any atom is 0.0725 e. The first-order valence-corrected chi connectivity index (χ1v) is 7.06. The molecule has 1 fully saturated rings. The molecule has 1 aromatic carbocycles. The SMILES string of the molecule is c1ccc(Cn2nncc2CC2CCCCN2)cc1. The van der Waals surface area contributed by atoms with Crippen LogP contribution < -0.4 is 5.32 Å². The summed E-state index contributed by atoms with van der Waals surface area (Å²) in [6.45, 7) is 1.95. The average molecular weight is 256 g/mol. The van der Waals surface area contributed by atoms with Gasteiger partial charge in [-0.25, -0.2) is 4.68 Å². The topological polar surface area (TPSA) is 42.7 Å². The van der Waals surface area contributed by atoms with Crippen molar-refractivity contribution in [2.24, 2.45) is 0 Å². The number of aromatic nitrogens is 3. The smallest absolute Gasteiger partial charge is 0.0725 e. The lowest BCUT2D eigenvalue weighted by atomic mass is 10.0. The molecule has 1 aromatic heterocycles. The normalized spacial score (nSPS) is 19.5. The number of hydrogen-bond acceptors (Lipinski definition) is 3. The maximum absolute atomic E-state index is 4.22. The largest absolute Gasteiger partial charge is 0.314 e. The van der Waals surface area contributed by atoms with Crippen molar-refractivity contribution in [2.75, 3.05) is 6.54 Å². The second kappa shape index (κ2) is 5.97. The Morgan fingerprint density at radius 1 is 1.21 bits per heavy atom. The fraction of sp³-hybridized carbons (Fsp3) is 0.467. The molecule has 19 heavy (non-hydrogen) atoms. The third kappa shape index (κ3) is 3.20. The molecular weight excluding hydrogens is 236 g/mol. The Labute approximate surface area is 113 Å². The van der Waals surface area contributed by atoms with Crippen molar-refractivity contribution in [3.63, 3.8) is 0 Å². The van der Waals surface area contributed by atoms with Gasteiger partial charge in [0.25, 0.3) is 0 Å². The van der Waals surface area contributed by atoms with Crippen molar-refractivity contribution >= 4 is 0 Å². The van der Waals surface area contributed by atoms with Crippen molar-refractivity contribution in [1.29, 1.82) is 0 Å². The number of nitrogens with one attached hydrogen (secondary N) is 1. The molecule has 2 aromatic rings. The molecule has 1 aliphatic heterocycles. The lowest BCUT2D eigenvalue weighted by molar-refractivity contribution is 0.391. The van der Waals surface area contributed by atoms with Crippen LogP contribution in [0.1, 0.15) is 30.5 Å². The Balaban J connectivity index is 1.68. The summed E-state index contributed by atoms with van der Waals surface area (Å²) < 4.78 is 2.02. The third-order valence-corrected chi connectivity index (χ3v) is 3.74. The minimum Gasteiger partial charge on any atom is -0.314 e. The van der Waals surface area contributed by atoms with E-state index in [0.29, 0.717) is 6.04 Å². The molecule has 0 bridgehead atoms.